The summed E-state index contributed by atoms with van der Waals surface area (Å²) in [7, 11) is 1.67. The van der Waals surface area contributed by atoms with E-state index in [2.05, 4.69) is 10.4 Å². The van der Waals surface area contributed by atoms with Crippen LogP contribution in [0.5, 0.6) is 0 Å². The molecule has 20 heavy (non-hydrogen) atoms. The highest BCUT2D eigenvalue weighted by Crippen LogP contribution is 2.11. The zero-order valence-corrected chi connectivity index (χ0v) is 11.6. The number of hydrogen-bond acceptors (Lipinski definition) is 4. The molecule has 0 aliphatic rings. The summed E-state index contributed by atoms with van der Waals surface area (Å²) >= 11 is 0. The lowest BCUT2D eigenvalue weighted by molar-refractivity contribution is 0.283. The van der Waals surface area contributed by atoms with Gasteiger partial charge >= 0.3 is 5.69 Å². The fourth-order valence-electron chi connectivity index (χ4n) is 1.92. The Kier molecular flexibility index (Phi) is 4.95. The van der Waals surface area contributed by atoms with E-state index in [1.165, 1.54) is 15.6 Å². The first kappa shape index (κ1) is 14.3. The molecular formula is C14H20N4O2. The van der Waals surface area contributed by atoms with Gasteiger partial charge in [-0.2, -0.15) is 9.78 Å². The van der Waals surface area contributed by atoms with Crippen molar-refractivity contribution in [2.45, 2.75) is 19.3 Å². The van der Waals surface area contributed by atoms with Crippen LogP contribution >= 0.6 is 0 Å². The van der Waals surface area contributed by atoms with Gasteiger partial charge in [-0.25, -0.2) is 4.79 Å². The Morgan fingerprint density at radius 2 is 1.95 bits per heavy atom. The lowest BCUT2D eigenvalue weighted by Crippen LogP contribution is -2.21. The highest BCUT2D eigenvalue weighted by Gasteiger charge is 2.03. The average molecular weight is 276 g/mol. The van der Waals surface area contributed by atoms with Gasteiger partial charge in [-0.15, -0.1) is 0 Å². The van der Waals surface area contributed by atoms with Gasteiger partial charge in [-0.1, -0.05) is 0 Å². The minimum absolute atomic E-state index is 0.158. The number of anilines is 1. The van der Waals surface area contributed by atoms with Crippen LogP contribution in [0.2, 0.25) is 0 Å². The van der Waals surface area contributed by atoms with Crippen molar-refractivity contribution < 1.29 is 5.11 Å². The van der Waals surface area contributed by atoms with Crippen LogP contribution in [0.15, 0.2) is 35.4 Å². The van der Waals surface area contributed by atoms with E-state index in [0.717, 1.165) is 37.2 Å². The summed E-state index contributed by atoms with van der Waals surface area (Å²) in [6, 6.07) is 7.60. The Balaban J connectivity index is 1.93. The predicted molar refractivity (Wildman–Crippen MR) is 78.2 cm³/mol. The lowest BCUT2D eigenvalue weighted by atomic mass is 10.2. The molecule has 0 amide bonds. The maximum Gasteiger partial charge on any atom is 0.350 e. The summed E-state index contributed by atoms with van der Waals surface area (Å²) in [5.74, 6) is 0. The number of aryl methyl sites for hydroxylation is 1. The molecule has 1 aromatic heterocycles. The highest BCUT2D eigenvalue weighted by molar-refractivity contribution is 5.48. The number of aromatic nitrogens is 3. The molecule has 108 valence electrons. The molecule has 0 fully saturated rings. The predicted octanol–water partition coefficient (Wildman–Crippen LogP) is 1.15. The number of nitrogens with zero attached hydrogens (tertiary/aromatic N) is 3. The third kappa shape index (κ3) is 3.48. The largest absolute Gasteiger partial charge is 0.396 e. The number of rotatable bonds is 7. The average Bonchev–Trinajstić information content (AvgIpc) is 2.80. The van der Waals surface area contributed by atoms with E-state index in [1.54, 1.807) is 7.05 Å². The van der Waals surface area contributed by atoms with Crippen LogP contribution in [-0.2, 0) is 7.05 Å². The van der Waals surface area contributed by atoms with Crippen LogP contribution in [0.3, 0.4) is 0 Å². The summed E-state index contributed by atoms with van der Waals surface area (Å²) < 4.78 is 2.80. The van der Waals surface area contributed by atoms with E-state index >= 15 is 0 Å². The van der Waals surface area contributed by atoms with Crippen LogP contribution in [0.4, 0.5) is 5.69 Å². The van der Waals surface area contributed by atoms with Gasteiger partial charge in [-0.05, 0) is 43.5 Å². The quantitative estimate of drug-likeness (QED) is 0.744. The van der Waals surface area contributed by atoms with E-state index in [-0.39, 0.29) is 12.3 Å². The molecule has 2 rings (SSSR count). The van der Waals surface area contributed by atoms with Crippen molar-refractivity contribution in [2.24, 2.45) is 7.05 Å². The summed E-state index contributed by atoms with van der Waals surface area (Å²) in [4.78, 5) is 11.8. The molecule has 0 aliphatic carbocycles. The van der Waals surface area contributed by atoms with Gasteiger partial charge < -0.3 is 10.4 Å². The molecular weight excluding hydrogens is 256 g/mol. The second-order valence-electron chi connectivity index (χ2n) is 4.69. The normalized spacial score (nSPS) is 10.7. The van der Waals surface area contributed by atoms with Crippen molar-refractivity contribution in [3.63, 3.8) is 0 Å². The van der Waals surface area contributed by atoms with Gasteiger partial charge in [0.15, 0.2) is 0 Å². The van der Waals surface area contributed by atoms with E-state index in [0.29, 0.717) is 0 Å². The molecule has 0 atom stereocenters. The molecule has 6 heteroatoms. The second kappa shape index (κ2) is 6.91. The Bertz CT molecular complexity index is 586. The fourth-order valence-corrected chi connectivity index (χ4v) is 1.92. The Morgan fingerprint density at radius 3 is 2.55 bits per heavy atom. The third-order valence-electron chi connectivity index (χ3n) is 3.10. The number of benzene rings is 1. The van der Waals surface area contributed by atoms with Crippen molar-refractivity contribution in [3.05, 3.63) is 41.1 Å². The number of nitrogens with one attached hydrogen (secondary N) is 1. The molecule has 0 radical (unpaired) electrons. The Hall–Kier alpha value is -2.08. The van der Waals surface area contributed by atoms with Gasteiger partial charge in [0.1, 0.15) is 6.33 Å². The van der Waals surface area contributed by atoms with Gasteiger partial charge in [-0.3, -0.25) is 4.57 Å². The van der Waals surface area contributed by atoms with Gasteiger partial charge in [0.25, 0.3) is 0 Å². The van der Waals surface area contributed by atoms with Gasteiger partial charge in [0.05, 0.1) is 5.69 Å². The summed E-state index contributed by atoms with van der Waals surface area (Å²) in [6.07, 6.45) is 4.39. The molecule has 0 saturated carbocycles. The molecule has 2 N–H and O–H groups in total. The minimum atomic E-state index is -0.158. The molecule has 1 heterocycles. The fraction of sp³-hybridized carbons (Fsp3) is 0.429. The second-order valence-corrected chi connectivity index (χ2v) is 4.69. The Labute approximate surface area is 117 Å². The monoisotopic (exact) mass is 276 g/mol. The number of aliphatic hydroxyl groups excluding tert-OH is 1. The van der Waals surface area contributed by atoms with E-state index in [4.69, 9.17) is 5.11 Å². The molecule has 6 nitrogen and oxygen atoms in total. The molecule has 1 aromatic carbocycles. The molecule has 0 unspecified atom stereocenters. The summed E-state index contributed by atoms with van der Waals surface area (Å²) in [6.45, 7) is 1.14. The minimum Gasteiger partial charge on any atom is -0.396 e. The van der Waals surface area contributed by atoms with Crippen LogP contribution in [0, 0.1) is 0 Å². The number of hydrogen-bond donors (Lipinski definition) is 2. The highest BCUT2D eigenvalue weighted by atomic mass is 16.2. The standard InChI is InChI=1S/C14H20N4O2/c1-17-11-16-18(14(17)20)13-7-5-12(6-8-13)15-9-3-2-4-10-19/h5-8,11,15,19H,2-4,9-10H2,1H3. The van der Waals surface area contributed by atoms with Crippen LogP contribution in [0.25, 0.3) is 5.69 Å². The zero-order valence-electron chi connectivity index (χ0n) is 11.6. The van der Waals surface area contributed by atoms with E-state index in [9.17, 15) is 4.79 Å². The lowest BCUT2D eigenvalue weighted by Gasteiger charge is -2.07. The molecule has 0 saturated heterocycles. The van der Waals surface area contributed by atoms with Crippen molar-refractivity contribution in [1.82, 2.24) is 14.3 Å². The molecule has 0 spiro atoms. The zero-order chi connectivity index (χ0) is 14.4. The van der Waals surface area contributed by atoms with Crippen LogP contribution in [-0.4, -0.2) is 32.6 Å². The van der Waals surface area contributed by atoms with E-state index in [1.807, 2.05) is 24.3 Å². The smallest absolute Gasteiger partial charge is 0.350 e. The first-order valence-corrected chi connectivity index (χ1v) is 6.78. The van der Waals surface area contributed by atoms with Crippen molar-refractivity contribution >= 4 is 5.69 Å². The van der Waals surface area contributed by atoms with Crippen LogP contribution in [0.1, 0.15) is 19.3 Å². The van der Waals surface area contributed by atoms with Crippen molar-refractivity contribution in [3.8, 4) is 5.69 Å². The topological polar surface area (TPSA) is 72.1 Å². The number of aliphatic hydroxyl groups is 1. The van der Waals surface area contributed by atoms with Crippen LogP contribution < -0.4 is 11.0 Å². The summed E-state index contributed by atoms with van der Waals surface area (Å²) in [5, 5.41) is 16.0. The van der Waals surface area contributed by atoms with Crippen molar-refractivity contribution in [1.29, 1.82) is 0 Å². The first-order chi connectivity index (χ1) is 9.72. The molecule has 0 bridgehead atoms. The molecule has 0 aliphatic heterocycles. The maximum absolute atomic E-state index is 11.8. The van der Waals surface area contributed by atoms with E-state index < -0.39 is 0 Å². The summed E-state index contributed by atoms with van der Waals surface area (Å²) in [5.41, 5.74) is 1.61. The van der Waals surface area contributed by atoms with Gasteiger partial charge in [0.2, 0.25) is 0 Å². The SMILES string of the molecule is Cn1cnn(-c2ccc(NCCCCCO)cc2)c1=O. The Morgan fingerprint density at radius 1 is 1.20 bits per heavy atom. The number of unbranched alkanes of at least 4 members (excludes halogenated alkanes) is 2. The maximum atomic E-state index is 11.8. The third-order valence-corrected chi connectivity index (χ3v) is 3.10. The van der Waals surface area contributed by atoms with Gasteiger partial charge in [0, 0.05) is 25.9 Å². The first-order valence-electron chi connectivity index (χ1n) is 6.78. The van der Waals surface area contributed by atoms with Crippen molar-refractivity contribution in [2.75, 3.05) is 18.5 Å². The molecule has 2 aromatic rings.